The first-order valence-electron chi connectivity index (χ1n) is 6.62. The van der Waals surface area contributed by atoms with Crippen LogP contribution in [0.25, 0.3) is 0 Å². The lowest BCUT2D eigenvalue weighted by Gasteiger charge is -2.24. The molecule has 0 spiro atoms. The van der Waals surface area contributed by atoms with Crippen LogP contribution in [0.5, 0.6) is 0 Å². The van der Waals surface area contributed by atoms with Crippen LogP contribution in [0, 0.1) is 0 Å². The molecule has 1 atom stereocenters. The van der Waals surface area contributed by atoms with E-state index < -0.39 is 6.10 Å². The molecular formula is C12H27N3O2. The van der Waals surface area contributed by atoms with Crippen LogP contribution in [-0.2, 0) is 4.74 Å². The van der Waals surface area contributed by atoms with E-state index in [0.29, 0.717) is 13.2 Å². The summed E-state index contributed by atoms with van der Waals surface area (Å²) in [6.45, 7) is 11.1. The second-order valence-corrected chi connectivity index (χ2v) is 4.84. The lowest BCUT2D eigenvalue weighted by atomic mass is 10.3. The SMILES string of the molecule is CC(C)OCC(O)CN1CCNCCNCC1. The Hall–Kier alpha value is -0.200. The van der Waals surface area contributed by atoms with Crippen molar-refractivity contribution in [3.05, 3.63) is 0 Å². The summed E-state index contributed by atoms with van der Waals surface area (Å²) in [6, 6.07) is 0. The van der Waals surface area contributed by atoms with Gasteiger partial charge in [-0.25, -0.2) is 0 Å². The highest BCUT2D eigenvalue weighted by Gasteiger charge is 2.12. The average molecular weight is 245 g/mol. The van der Waals surface area contributed by atoms with Gasteiger partial charge >= 0.3 is 0 Å². The van der Waals surface area contributed by atoms with E-state index in [2.05, 4.69) is 15.5 Å². The maximum atomic E-state index is 9.88. The van der Waals surface area contributed by atoms with E-state index >= 15 is 0 Å². The van der Waals surface area contributed by atoms with E-state index in [-0.39, 0.29) is 6.10 Å². The lowest BCUT2D eigenvalue weighted by Crippen LogP contribution is -2.40. The van der Waals surface area contributed by atoms with E-state index in [9.17, 15) is 5.11 Å². The molecule has 1 aliphatic rings. The second kappa shape index (κ2) is 8.83. The fourth-order valence-electron chi connectivity index (χ4n) is 1.85. The van der Waals surface area contributed by atoms with Gasteiger partial charge in [0.15, 0.2) is 0 Å². The topological polar surface area (TPSA) is 56.8 Å². The summed E-state index contributed by atoms with van der Waals surface area (Å²) in [7, 11) is 0. The zero-order valence-corrected chi connectivity index (χ0v) is 11.1. The number of aliphatic hydroxyl groups is 1. The maximum absolute atomic E-state index is 9.88. The molecule has 1 rings (SSSR count). The molecule has 1 fully saturated rings. The molecule has 1 unspecified atom stereocenters. The molecule has 102 valence electrons. The number of ether oxygens (including phenoxy) is 1. The van der Waals surface area contributed by atoms with Crippen molar-refractivity contribution in [2.75, 3.05) is 52.4 Å². The van der Waals surface area contributed by atoms with Gasteiger partial charge in [-0.2, -0.15) is 0 Å². The maximum Gasteiger partial charge on any atom is 0.0900 e. The summed E-state index contributed by atoms with van der Waals surface area (Å²) >= 11 is 0. The molecule has 0 saturated carbocycles. The number of nitrogens with zero attached hydrogens (tertiary/aromatic N) is 1. The fourth-order valence-corrected chi connectivity index (χ4v) is 1.85. The summed E-state index contributed by atoms with van der Waals surface area (Å²) in [5, 5.41) is 16.6. The minimum atomic E-state index is -0.391. The number of aliphatic hydroxyl groups excluding tert-OH is 1. The summed E-state index contributed by atoms with van der Waals surface area (Å²) in [5.74, 6) is 0. The molecule has 17 heavy (non-hydrogen) atoms. The largest absolute Gasteiger partial charge is 0.389 e. The van der Waals surface area contributed by atoms with Gasteiger partial charge in [0.1, 0.15) is 0 Å². The van der Waals surface area contributed by atoms with E-state index in [1.54, 1.807) is 0 Å². The van der Waals surface area contributed by atoms with Gasteiger partial charge in [0, 0.05) is 45.8 Å². The predicted molar refractivity (Wildman–Crippen MR) is 69.3 cm³/mol. The van der Waals surface area contributed by atoms with Gasteiger partial charge in [0.25, 0.3) is 0 Å². The molecule has 1 aliphatic heterocycles. The number of hydrogen-bond acceptors (Lipinski definition) is 5. The number of β-amino-alcohol motifs (C(OH)–C–C–N with tert-alkyl or cyclic N) is 1. The molecule has 1 saturated heterocycles. The first kappa shape index (κ1) is 14.9. The van der Waals surface area contributed by atoms with Crippen LogP contribution < -0.4 is 10.6 Å². The van der Waals surface area contributed by atoms with E-state index in [1.165, 1.54) is 0 Å². The zero-order valence-electron chi connectivity index (χ0n) is 11.1. The van der Waals surface area contributed by atoms with Crippen molar-refractivity contribution >= 4 is 0 Å². The Labute approximate surface area is 105 Å². The van der Waals surface area contributed by atoms with Gasteiger partial charge in [-0.3, -0.25) is 4.90 Å². The van der Waals surface area contributed by atoms with Crippen LogP contribution in [0.2, 0.25) is 0 Å². The Morgan fingerprint density at radius 1 is 1.12 bits per heavy atom. The summed E-state index contributed by atoms with van der Waals surface area (Å²) in [4.78, 5) is 2.28. The number of nitrogens with one attached hydrogen (secondary N) is 2. The molecule has 0 aliphatic carbocycles. The molecular weight excluding hydrogens is 218 g/mol. The standard InChI is InChI=1S/C12H27N3O2/c1-11(2)17-10-12(16)9-15-7-5-13-3-4-14-6-8-15/h11-14,16H,3-10H2,1-2H3. The molecule has 5 heteroatoms. The molecule has 1 heterocycles. The van der Waals surface area contributed by atoms with Gasteiger partial charge in [0.2, 0.25) is 0 Å². The average Bonchev–Trinajstić information content (AvgIpc) is 2.40. The van der Waals surface area contributed by atoms with Gasteiger partial charge in [0.05, 0.1) is 18.8 Å². The third-order valence-corrected chi connectivity index (χ3v) is 2.78. The third kappa shape index (κ3) is 7.68. The highest BCUT2D eigenvalue weighted by atomic mass is 16.5. The van der Waals surface area contributed by atoms with Gasteiger partial charge < -0.3 is 20.5 Å². The van der Waals surface area contributed by atoms with Crippen molar-refractivity contribution in [2.45, 2.75) is 26.1 Å². The van der Waals surface area contributed by atoms with Crippen LogP contribution in [0.3, 0.4) is 0 Å². The minimum absolute atomic E-state index is 0.184. The summed E-state index contributed by atoms with van der Waals surface area (Å²) in [6.07, 6.45) is -0.207. The normalized spacial score (nSPS) is 21.9. The van der Waals surface area contributed by atoms with E-state index in [1.807, 2.05) is 13.8 Å². The molecule has 0 aromatic rings. The molecule has 0 aromatic carbocycles. The molecule has 0 radical (unpaired) electrons. The Kier molecular flexibility index (Phi) is 7.72. The van der Waals surface area contributed by atoms with Crippen molar-refractivity contribution in [1.82, 2.24) is 15.5 Å². The molecule has 5 nitrogen and oxygen atoms in total. The predicted octanol–water partition coefficient (Wildman–Crippen LogP) is -0.733. The van der Waals surface area contributed by atoms with Crippen LogP contribution in [0.1, 0.15) is 13.8 Å². The van der Waals surface area contributed by atoms with Gasteiger partial charge in [-0.1, -0.05) is 0 Å². The van der Waals surface area contributed by atoms with Crippen LogP contribution in [0.4, 0.5) is 0 Å². The summed E-state index contributed by atoms with van der Waals surface area (Å²) < 4.78 is 5.42. The van der Waals surface area contributed by atoms with Crippen LogP contribution >= 0.6 is 0 Å². The highest BCUT2D eigenvalue weighted by molar-refractivity contribution is 4.69. The third-order valence-electron chi connectivity index (χ3n) is 2.78. The number of rotatable bonds is 5. The molecule has 3 N–H and O–H groups in total. The highest BCUT2D eigenvalue weighted by Crippen LogP contribution is 1.96. The smallest absolute Gasteiger partial charge is 0.0900 e. The second-order valence-electron chi connectivity index (χ2n) is 4.84. The Morgan fingerprint density at radius 3 is 2.24 bits per heavy atom. The quantitative estimate of drug-likeness (QED) is 0.596. The lowest BCUT2D eigenvalue weighted by molar-refractivity contribution is -0.00800. The summed E-state index contributed by atoms with van der Waals surface area (Å²) in [5.41, 5.74) is 0. The van der Waals surface area contributed by atoms with Crippen molar-refractivity contribution in [2.24, 2.45) is 0 Å². The number of hydrogen-bond donors (Lipinski definition) is 3. The molecule has 0 aromatic heterocycles. The first-order valence-corrected chi connectivity index (χ1v) is 6.62. The van der Waals surface area contributed by atoms with Crippen molar-refractivity contribution in [1.29, 1.82) is 0 Å². The van der Waals surface area contributed by atoms with Crippen molar-refractivity contribution < 1.29 is 9.84 Å². The minimum Gasteiger partial charge on any atom is -0.389 e. The molecule has 0 bridgehead atoms. The Bertz CT molecular complexity index is 181. The Morgan fingerprint density at radius 2 is 1.71 bits per heavy atom. The van der Waals surface area contributed by atoms with Crippen LogP contribution in [0.15, 0.2) is 0 Å². The van der Waals surface area contributed by atoms with E-state index in [4.69, 9.17) is 4.74 Å². The van der Waals surface area contributed by atoms with Gasteiger partial charge in [-0.05, 0) is 13.8 Å². The van der Waals surface area contributed by atoms with E-state index in [0.717, 1.165) is 39.3 Å². The monoisotopic (exact) mass is 245 g/mol. The van der Waals surface area contributed by atoms with Gasteiger partial charge in [-0.15, -0.1) is 0 Å². The zero-order chi connectivity index (χ0) is 12.5. The van der Waals surface area contributed by atoms with Crippen molar-refractivity contribution in [3.8, 4) is 0 Å². The molecule has 0 amide bonds. The fraction of sp³-hybridized carbons (Fsp3) is 1.00. The first-order chi connectivity index (χ1) is 8.18. The Balaban J connectivity index is 2.21. The van der Waals surface area contributed by atoms with Crippen molar-refractivity contribution in [3.63, 3.8) is 0 Å². The van der Waals surface area contributed by atoms with Crippen LogP contribution in [-0.4, -0.2) is 74.6 Å².